The highest BCUT2D eigenvalue weighted by molar-refractivity contribution is 7.95. The van der Waals surface area contributed by atoms with Crippen LogP contribution in [0, 0.1) is 17.8 Å². The van der Waals surface area contributed by atoms with E-state index in [9.17, 15) is 9.00 Å². The third-order valence-electron chi connectivity index (χ3n) is 11.2. The second kappa shape index (κ2) is 13.5. The number of methoxy groups -OCH3 is 1. The first-order valence-electron chi connectivity index (χ1n) is 17.8. The topological polar surface area (TPSA) is 124 Å². The van der Waals surface area contributed by atoms with Gasteiger partial charge in [0, 0.05) is 49.4 Å². The SMILES string of the molecule is CO[C@H]1/C=C/C[C@H](C)C[S@@](=O)(Nc2ncnc3nn(C)cc23)=NC(=O)c2ccc3c(c2)N(C[C@@H]2CC[C@H]21)C[C@@]1(CCCc2cc(Cl)ccc21)CO3. The highest BCUT2D eigenvalue weighted by Gasteiger charge is 2.44. The molecule has 0 radical (unpaired) electrons. The number of aryl methyl sites for hydroxylation is 2. The minimum Gasteiger partial charge on any atom is -0.490 e. The first-order chi connectivity index (χ1) is 24.6. The Kier molecular flexibility index (Phi) is 9.04. The summed E-state index contributed by atoms with van der Waals surface area (Å²) in [6.45, 7) is 4.09. The Hall–Kier alpha value is -4.00. The van der Waals surface area contributed by atoms with Gasteiger partial charge < -0.3 is 14.4 Å². The van der Waals surface area contributed by atoms with E-state index in [0.717, 1.165) is 61.7 Å². The predicted molar refractivity (Wildman–Crippen MR) is 200 cm³/mol. The molecule has 0 unspecified atom stereocenters. The lowest BCUT2D eigenvalue weighted by Gasteiger charge is -2.46. The van der Waals surface area contributed by atoms with Crippen LogP contribution in [0.15, 0.2) is 65.4 Å². The van der Waals surface area contributed by atoms with E-state index < -0.39 is 15.8 Å². The molecule has 1 fully saturated rings. The fourth-order valence-corrected chi connectivity index (χ4v) is 10.7. The van der Waals surface area contributed by atoms with Crippen molar-refractivity contribution in [2.45, 2.75) is 57.0 Å². The molecule has 1 N–H and O–H groups in total. The monoisotopic (exact) mass is 729 g/mol. The quantitative estimate of drug-likeness (QED) is 0.230. The molecule has 2 aliphatic heterocycles. The Morgan fingerprint density at radius 2 is 2.04 bits per heavy atom. The summed E-state index contributed by atoms with van der Waals surface area (Å²) in [7, 11) is 0.222. The number of nitrogens with zero attached hydrogens (tertiary/aromatic N) is 6. The third-order valence-corrected chi connectivity index (χ3v) is 13.4. The lowest BCUT2D eigenvalue weighted by Crippen LogP contribution is -2.49. The Balaban J connectivity index is 1.22. The molecule has 8 rings (SSSR count). The van der Waals surface area contributed by atoms with Crippen molar-refractivity contribution in [3.63, 3.8) is 0 Å². The number of carbonyl (C=O) groups excluding carboxylic acids is 1. The van der Waals surface area contributed by atoms with Crippen LogP contribution in [-0.4, -0.2) is 68.5 Å². The maximum absolute atomic E-state index is 14.8. The zero-order valence-electron chi connectivity index (χ0n) is 29.3. The summed E-state index contributed by atoms with van der Waals surface area (Å²) in [5.41, 5.74) is 4.01. The molecule has 4 aromatic rings. The van der Waals surface area contributed by atoms with E-state index in [0.29, 0.717) is 47.3 Å². The molecular formula is C38H44ClN7O4S. The smallest absolute Gasteiger partial charge is 0.286 e. The molecule has 4 heterocycles. The van der Waals surface area contributed by atoms with Crippen molar-refractivity contribution in [2.24, 2.45) is 29.2 Å². The third kappa shape index (κ3) is 6.62. The summed E-state index contributed by atoms with van der Waals surface area (Å²) in [6.07, 6.45) is 13.3. The molecule has 1 saturated carbocycles. The number of aromatic nitrogens is 4. The summed E-state index contributed by atoms with van der Waals surface area (Å²) < 4.78 is 36.7. The van der Waals surface area contributed by atoms with E-state index in [1.54, 1.807) is 31.1 Å². The summed E-state index contributed by atoms with van der Waals surface area (Å²) in [6, 6.07) is 11.8. The average Bonchev–Trinajstić information content (AvgIpc) is 3.41. The number of carbonyl (C=O) groups is 1. The number of fused-ring (bicyclic) bond motifs is 5. The molecule has 268 valence electrons. The molecule has 1 spiro atoms. The molecule has 4 aliphatic rings. The number of nitrogens with one attached hydrogen (secondary N) is 1. The van der Waals surface area contributed by atoms with E-state index in [-0.39, 0.29) is 23.2 Å². The first-order valence-corrected chi connectivity index (χ1v) is 19.9. The van der Waals surface area contributed by atoms with Crippen molar-refractivity contribution in [2.75, 3.05) is 42.2 Å². The van der Waals surface area contributed by atoms with E-state index >= 15 is 0 Å². The molecular weight excluding hydrogens is 686 g/mol. The van der Waals surface area contributed by atoms with Crippen LogP contribution in [0.25, 0.3) is 11.0 Å². The first kappa shape index (κ1) is 34.1. The van der Waals surface area contributed by atoms with Crippen LogP contribution in [0.5, 0.6) is 5.75 Å². The number of hydrogen-bond acceptors (Lipinski definition) is 8. The van der Waals surface area contributed by atoms with Crippen LogP contribution in [0.2, 0.25) is 5.02 Å². The number of anilines is 2. The van der Waals surface area contributed by atoms with Gasteiger partial charge in [0.2, 0.25) is 0 Å². The van der Waals surface area contributed by atoms with Gasteiger partial charge in [-0.2, -0.15) is 5.10 Å². The van der Waals surface area contributed by atoms with Crippen molar-refractivity contribution >= 4 is 50.0 Å². The summed E-state index contributed by atoms with van der Waals surface area (Å²) in [5, 5.41) is 5.71. The van der Waals surface area contributed by atoms with Gasteiger partial charge in [-0.25, -0.2) is 14.2 Å². The van der Waals surface area contributed by atoms with Crippen molar-refractivity contribution in [3.8, 4) is 5.75 Å². The zero-order chi connectivity index (χ0) is 35.3. The number of benzene rings is 2. The van der Waals surface area contributed by atoms with Crippen LogP contribution < -0.4 is 14.4 Å². The predicted octanol–water partition coefficient (Wildman–Crippen LogP) is 6.76. The van der Waals surface area contributed by atoms with E-state index in [4.69, 9.17) is 21.1 Å². The van der Waals surface area contributed by atoms with E-state index in [1.807, 2.05) is 25.1 Å². The van der Waals surface area contributed by atoms with Gasteiger partial charge in [-0.3, -0.25) is 14.2 Å². The van der Waals surface area contributed by atoms with Gasteiger partial charge in [0.05, 0.1) is 29.5 Å². The van der Waals surface area contributed by atoms with Crippen LogP contribution >= 0.6 is 11.6 Å². The van der Waals surface area contributed by atoms with Gasteiger partial charge >= 0.3 is 0 Å². The van der Waals surface area contributed by atoms with Gasteiger partial charge in [-0.15, -0.1) is 4.36 Å². The van der Waals surface area contributed by atoms with Crippen molar-refractivity contribution in [3.05, 3.63) is 82.8 Å². The normalized spacial score (nSPS) is 30.0. The lowest BCUT2D eigenvalue weighted by atomic mass is 9.68. The van der Waals surface area contributed by atoms with Crippen molar-refractivity contribution in [1.29, 1.82) is 0 Å². The second-order valence-corrected chi connectivity index (χ2v) is 17.3. The molecule has 2 aromatic heterocycles. The minimum absolute atomic E-state index is 0.0296. The Bertz CT molecular complexity index is 2150. The molecule has 2 bridgehead atoms. The van der Waals surface area contributed by atoms with Gasteiger partial charge in [0.15, 0.2) is 11.5 Å². The van der Waals surface area contributed by atoms with E-state index in [1.165, 1.54) is 17.5 Å². The standard InChI is InChI=1S/C38H44ClN7O4S/c1-24-6-4-8-33(49-3)29-12-9-27(29)18-46-21-38(15-5-7-25-16-28(39)11-13-31(25)38)22-50-34-14-10-26(17-32(34)46)37(47)44-51(48,20-24)43-36-30-19-45(2)42-35(30)40-23-41-36/h4,8,10-11,13-14,16-17,19,23-24,27,29,33H,5-7,9,12,15,18,20-22H2,1-3H3,(H,40,41,42,43,44,47,48)/b8-4+/t24-,27-,29+,33-,38-,51+/m0/s1. The van der Waals surface area contributed by atoms with Gasteiger partial charge in [-0.05, 0) is 97.7 Å². The Labute approximate surface area is 304 Å². The van der Waals surface area contributed by atoms with Gasteiger partial charge in [0.1, 0.15) is 22.0 Å². The largest absolute Gasteiger partial charge is 0.490 e. The number of allylic oxidation sites excluding steroid dienone is 1. The molecule has 51 heavy (non-hydrogen) atoms. The zero-order valence-corrected chi connectivity index (χ0v) is 30.8. The molecule has 0 saturated heterocycles. The number of rotatable bonds is 3. The maximum atomic E-state index is 14.8. The number of halogens is 1. The maximum Gasteiger partial charge on any atom is 0.286 e. The highest BCUT2D eigenvalue weighted by atomic mass is 35.5. The lowest BCUT2D eigenvalue weighted by molar-refractivity contribution is 0.0131. The summed E-state index contributed by atoms with van der Waals surface area (Å²) >= 11 is 6.47. The van der Waals surface area contributed by atoms with Crippen molar-refractivity contribution < 1.29 is 18.5 Å². The van der Waals surface area contributed by atoms with Gasteiger partial charge in [0.25, 0.3) is 5.91 Å². The van der Waals surface area contributed by atoms with E-state index in [2.05, 4.69) is 53.3 Å². The average molecular weight is 730 g/mol. The summed E-state index contributed by atoms with van der Waals surface area (Å²) in [5.74, 6) is 1.34. The molecule has 2 aliphatic carbocycles. The Morgan fingerprint density at radius 3 is 2.86 bits per heavy atom. The van der Waals surface area contributed by atoms with Crippen LogP contribution in [0.3, 0.4) is 0 Å². The molecule has 6 atom stereocenters. The van der Waals surface area contributed by atoms with Gasteiger partial charge in [-0.1, -0.05) is 36.7 Å². The summed E-state index contributed by atoms with van der Waals surface area (Å²) in [4.78, 5) is 25.2. The molecule has 2 aromatic carbocycles. The number of ether oxygens (including phenoxy) is 2. The number of hydrogen-bond donors (Lipinski definition) is 1. The van der Waals surface area contributed by atoms with Crippen LogP contribution in [-0.2, 0) is 33.5 Å². The fourth-order valence-electron chi connectivity index (χ4n) is 8.55. The molecule has 13 heteroatoms. The highest BCUT2D eigenvalue weighted by Crippen LogP contribution is 2.47. The Morgan fingerprint density at radius 1 is 1.16 bits per heavy atom. The van der Waals surface area contributed by atoms with Crippen LogP contribution in [0.4, 0.5) is 11.5 Å². The molecule has 1 amide bonds. The fraction of sp³-hybridized carbons (Fsp3) is 0.474. The second-order valence-electron chi connectivity index (χ2n) is 14.8. The van der Waals surface area contributed by atoms with Crippen LogP contribution in [0.1, 0.15) is 60.5 Å². The van der Waals surface area contributed by atoms with Crippen molar-refractivity contribution in [1.82, 2.24) is 19.7 Å². The molecule has 11 nitrogen and oxygen atoms in total. The number of amides is 1. The minimum atomic E-state index is -3.35.